The number of aryl methyl sites for hydroxylation is 2. The molecule has 0 radical (unpaired) electrons. The number of thiophene rings is 1. The zero-order chi connectivity index (χ0) is 14.7. The molecule has 3 rings (SSSR count). The van der Waals surface area contributed by atoms with E-state index in [0.717, 1.165) is 31.0 Å². The molecule has 0 amide bonds. The van der Waals surface area contributed by atoms with E-state index in [9.17, 15) is 0 Å². The van der Waals surface area contributed by atoms with Crippen molar-refractivity contribution in [3.63, 3.8) is 0 Å². The van der Waals surface area contributed by atoms with Gasteiger partial charge in [0.2, 0.25) is 0 Å². The molecule has 0 fully saturated rings. The molecule has 0 spiro atoms. The Labute approximate surface area is 133 Å². The molecule has 0 aromatic carbocycles. The number of nitrogens with zero attached hydrogens (tertiary/aromatic N) is 4. The molecule has 3 heterocycles. The fraction of sp³-hybridized carbons (Fsp3) is 0.643. The second-order valence-electron chi connectivity index (χ2n) is 5.31. The first-order chi connectivity index (χ1) is 10.3. The number of hydrogen-bond donors (Lipinski definition) is 1. The number of fused-ring (bicyclic) bond motifs is 1. The first kappa shape index (κ1) is 15.0. The van der Waals surface area contributed by atoms with E-state index in [4.69, 9.17) is 0 Å². The summed E-state index contributed by atoms with van der Waals surface area (Å²) >= 11 is 4.00. The standard InChI is InChI=1S/C14H21N5S2/c1-3-5-15-11(8-14-16-18-19(2)17-14)13-7-10-9-20-6-4-12(10)21-13/h7,11,15H,3-6,8-9H2,1-2H3. The number of hydrogen-bond acceptors (Lipinski definition) is 6. The van der Waals surface area contributed by atoms with Gasteiger partial charge in [-0.15, -0.1) is 21.5 Å². The Bertz CT molecular complexity index is 568. The number of aromatic nitrogens is 4. The monoisotopic (exact) mass is 323 g/mol. The van der Waals surface area contributed by atoms with Gasteiger partial charge in [-0.05, 0) is 42.0 Å². The third-order valence-corrected chi connectivity index (χ3v) is 5.93. The fourth-order valence-corrected chi connectivity index (χ4v) is 4.97. The second kappa shape index (κ2) is 6.89. The van der Waals surface area contributed by atoms with Gasteiger partial charge in [-0.1, -0.05) is 6.92 Å². The first-order valence-electron chi connectivity index (χ1n) is 7.41. The molecule has 0 aliphatic carbocycles. The molecule has 1 N–H and O–H groups in total. The first-order valence-corrected chi connectivity index (χ1v) is 9.39. The van der Waals surface area contributed by atoms with E-state index >= 15 is 0 Å². The van der Waals surface area contributed by atoms with Crippen molar-refractivity contribution in [1.82, 2.24) is 25.5 Å². The maximum absolute atomic E-state index is 4.32. The van der Waals surface area contributed by atoms with Crippen molar-refractivity contribution >= 4 is 23.1 Å². The molecule has 0 bridgehead atoms. The Morgan fingerprint density at radius 2 is 2.38 bits per heavy atom. The molecular weight excluding hydrogens is 302 g/mol. The lowest BCUT2D eigenvalue weighted by Crippen LogP contribution is -2.23. The summed E-state index contributed by atoms with van der Waals surface area (Å²) in [6.45, 7) is 3.21. The Morgan fingerprint density at radius 3 is 3.10 bits per heavy atom. The van der Waals surface area contributed by atoms with Crippen molar-refractivity contribution in [1.29, 1.82) is 0 Å². The third kappa shape index (κ3) is 3.64. The van der Waals surface area contributed by atoms with Gasteiger partial charge in [-0.25, -0.2) is 0 Å². The van der Waals surface area contributed by atoms with E-state index in [1.807, 2.05) is 30.1 Å². The van der Waals surface area contributed by atoms with Gasteiger partial charge in [0.25, 0.3) is 0 Å². The van der Waals surface area contributed by atoms with Crippen molar-refractivity contribution < 1.29 is 0 Å². The summed E-state index contributed by atoms with van der Waals surface area (Å²) in [5.41, 5.74) is 1.53. The predicted molar refractivity (Wildman–Crippen MR) is 87.7 cm³/mol. The summed E-state index contributed by atoms with van der Waals surface area (Å²) in [5.74, 6) is 3.23. The van der Waals surface area contributed by atoms with Crippen LogP contribution in [-0.2, 0) is 25.6 Å². The van der Waals surface area contributed by atoms with E-state index in [0.29, 0.717) is 6.04 Å². The van der Waals surface area contributed by atoms with Gasteiger partial charge in [-0.2, -0.15) is 16.6 Å². The van der Waals surface area contributed by atoms with Crippen molar-refractivity contribution in [2.75, 3.05) is 12.3 Å². The van der Waals surface area contributed by atoms with E-state index in [1.54, 1.807) is 4.88 Å². The summed E-state index contributed by atoms with van der Waals surface area (Å²) in [6.07, 6.45) is 3.15. The van der Waals surface area contributed by atoms with E-state index in [1.165, 1.54) is 27.4 Å². The second-order valence-corrected chi connectivity index (χ2v) is 7.58. The maximum atomic E-state index is 4.32. The van der Waals surface area contributed by atoms with Gasteiger partial charge in [0.05, 0.1) is 7.05 Å². The average molecular weight is 323 g/mol. The average Bonchev–Trinajstić information content (AvgIpc) is 3.09. The molecule has 2 aromatic heterocycles. The number of rotatable bonds is 6. The largest absolute Gasteiger partial charge is 0.309 e. The molecule has 1 aliphatic rings. The molecule has 0 saturated carbocycles. The normalized spacial score (nSPS) is 15.9. The van der Waals surface area contributed by atoms with Crippen LogP contribution in [0.4, 0.5) is 0 Å². The molecule has 0 saturated heterocycles. The fourth-order valence-electron chi connectivity index (χ4n) is 2.52. The molecule has 1 atom stereocenters. The van der Waals surface area contributed by atoms with Gasteiger partial charge in [0.1, 0.15) is 0 Å². The van der Waals surface area contributed by atoms with Crippen LogP contribution >= 0.6 is 23.1 Å². The maximum Gasteiger partial charge on any atom is 0.176 e. The number of tetrazole rings is 1. The molecule has 7 heteroatoms. The Balaban J connectivity index is 1.79. The summed E-state index contributed by atoms with van der Waals surface area (Å²) in [6, 6.07) is 2.69. The lowest BCUT2D eigenvalue weighted by atomic mass is 10.1. The van der Waals surface area contributed by atoms with Gasteiger partial charge in [0.15, 0.2) is 5.82 Å². The van der Waals surface area contributed by atoms with Crippen molar-refractivity contribution in [3.05, 3.63) is 27.2 Å². The lowest BCUT2D eigenvalue weighted by molar-refractivity contribution is 0.523. The van der Waals surface area contributed by atoms with Crippen LogP contribution < -0.4 is 5.32 Å². The van der Waals surface area contributed by atoms with Crippen LogP contribution in [0.25, 0.3) is 0 Å². The SMILES string of the molecule is CCCNC(Cc1nnn(C)n1)c1cc2c(s1)CCSC2. The topological polar surface area (TPSA) is 55.6 Å². The molecule has 5 nitrogen and oxygen atoms in total. The molecule has 1 unspecified atom stereocenters. The zero-order valence-corrected chi connectivity index (χ0v) is 14.1. The summed E-state index contributed by atoms with van der Waals surface area (Å²) < 4.78 is 0. The van der Waals surface area contributed by atoms with Crippen LogP contribution in [0.5, 0.6) is 0 Å². The Kier molecular flexibility index (Phi) is 4.92. The van der Waals surface area contributed by atoms with Gasteiger partial charge in [0, 0.05) is 28.0 Å². The van der Waals surface area contributed by atoms with E-state index in [2.05, 4.69) is 33.7 Å². The van der Waals surface area contributed by atoms with Crippen LogP contribution in [0.2, 0.25) is 0 Å². The van der Waals surface area contributed by atoms with Crippen molar-refractivity contribution in [2.24, 2.45) is 7.05 Å². The van der Waals surface area contributed by atoms with Gasteiger partial charge >= 0.3 is 0 Å². The van der Waals surface area contributed by atoms with Crippen molar-refractivity contribution in [3.8, 4) is 0 Å². The molecular formula is C14H21N5S2. The smallest absolute Gasteiger partial charge is 0.176 e. The van der Waals surface area contributed by atoms with Crippen LogP contribution in [0.1, 0.15) is 40.5 Å². The quantitative estimate of drug-likeness (QED) is 0.884. The molecule has 21 heavy (non-hydrogen) atoms. The van der Waals surface area contributed by atoms with Crippen LogP contribution in [0.15, 0.2) is 6.07 Å². The zero-order valence-electron chi connectivity index (χ0n) is 12.5. The highest BCUT2D eigenvalue weighted by atomic mass is 32.2. The number of nitrogens with one attached hydrogen (secondary N) is 1. The highest BCUT2D eigenvalue weighted by Gasteiger charge is 2.20. The predicted octanol–water partition coefficient (Wildman–Crippen LogP) is 2.34. The lowest BCUT2D eigenvalue weighted by Gasteiger charge is -2.15. The van der Waals surface area contributed by atoms with Crippen LogP contribution in [-0.4, -0.2) is 32.5 Å². The minimum atomic E-state index is 0.301. The Hall–Kier alpha value is -0.920. The van der Waals surface area contributed by atoms with Crippen LogP contribution in [0.3, 0.4) is 0 Å². The highest BCUT2D eigenvalue weighted by Crippen LogP contribution is 2.35. The van der Waals surface area contributed by atoms with Crippen molar-refractivity contribution in [2.45, 2.75) is 38.0 Å². The van der Waals surface area contributed by atoms with Crippen LogP contribution in [0, 0.1) is 0 Å². The minimum absolute atomic E-state index is 0.301. The van der Waals surface area contributed by atoms with E-state index in [-0.39, 0.29) is 0 Å². The minimum Gasteiger partial charge on any atom is -0.309 e. The van der Waals surface area contributed by atoms with Gasteiger partial charge in [-0.3, -0.25) is 0 Å². The third-order valence-electron chi connectivity index (χ3n) is 3.57. The van der Waals surface area contributed by atoms with Gasteiger partial charge < -0.3 is 5.32 Å². The Morgan fingerprint density at radius 1 is 1.48 bits per heavy atom. The summed E-state index contributed by atoms with van der Waals surface area (Å²) in [7, 11) is 1.81. The van der Waals surface area contributed by atoms with E-state index < -0.39 is 0 Å². The summed E-state index contributed by atoms with van der Waals surface area (Å²) in [5, 5.41) is 16.0. The number of thioether (sulfide) groups is 1. The molecule has 114 valence electrons. The molecule has 2 aromatic rings. The highest BCUT2D eigenvalue weighted by molar-refractivity contribution is 7.98. The summed E-state index contributed by atoms with van der Waals surface area (Å²) in [4.78, 5) is 4.52. The molecule has 1 aliphatic heterocycles.